The Morgan fingerprint density at radius 2 is 2.28 bits per heavy atom. The molecule has 2 aromatic heterocycles. The number of nitrogens with zero attached hydrogens (tertiary/aromatic N) is 3. The summed E-state index contributed by atoms with van der Waals surface area (Å²) in [5, 5.41) is 12.2. The van der Waals surface area contributed by atoms with Crippen LogP contribution in [0.5, 0.6) is 0 Å². The molecule has 2 heterocycles. The molecule has 0 aliphatic carbocycles. The Morgan fingerprint density at radius 3 is 2.89 bits per heavy atom. The highest BCUT2D eigenvalue weighted by atomic mass is 32.2. The van der Waals surface area contributed by atoms with Crippen molar-refractivity contribution < 1.29 is 4.79 Å². The lowest BCUT2D eigenvalue weighted by Gasteiger charge is -1.98. The number of aryl methyl sites for hydroxylation is 2. The van der Waals surface area contributed by atoms with Gasteiger partial charge in [-0.1, -0.05) is 30.0 Å². The van der Waals surface area contributed by atoms with Gasteiger partial charge in [0.2, 0.25) is 5.91 Å². The minimum absolute atomic E-state index is 0.0649. The van der Waals surface area contributed by atoms with Crippen molar-refractivity contribution in [2.24, 2.45) is 0 Å². The van der Waals surface area contributed by atoms with Gasteiger partial charge in [-0.3, -0.25) is 4.79 Å². The quantitative estimate of drug-likeness (QED) is 0.860. The standard InChI is InChI=1S/C10H12N4OS3/c1-3-7-4-11-9(18-7)12-8(15)5-16-10-14-13-6(2)17-10/h4H,3,5H2,1-2H3,(H,11,12,15). The van der Waals surface area contributed by atoms with Crippen molar-refractivity contribution in [3.8, 4) is 0 Å². The van der Waals surface area contributed by atoms with Gasteiger partial charge in [0.1, 0.15) is 5.01 Å². The molecular weight excluding hydrogens is 288 g/mol. The van der Waals surface area contributed by atoms with Crippen LogP contribution in [0.15, 0.2) is 10.5 Å². The van der Waals surface area contributed by atoms with Crippen LogP contribution in [0.4, 0.5) is 5.13 Å². The number of carbonyl (C=O) groups is 1. The average molecular weight is 300 g/mol. The lowest BCUT2D eigenvalue weighted by atomic mass is 10.4. The van der Waals surface area contributed by atoms with Crippen molar-refractivity contribution in [3.05, 3.63) is 16.1 Å². The maximum atomic E-state index is 11.7. The van der Waals surface area contributed by atoms with Gasteiger partial charge in [0, 0.05) is 11.1 Å². The molecule has 0 unspecified atom stereocenters. The van der Waals surface area contributed by atoms with Crippen LogP contribution in [0.1, 0.15) is 16.8 Å². The van der Waals surface area contributed by atoms with Gasteiger partial charge in [-0.05, 0) is 13.3 Å². The molecule has 0 aliphatic heterocycles. The minimum atomic E-state index is -0.0649. The van der Waals surface area contributed by atoms with Crippen molar-refractivity contribution in [2.45, 2.75) is 24.6 Å². The molecule has 2 aromatic rings. The maximum absolute atomic E-state index is 11.7. The zero-order valence-electron chi connectivity index (χ0n) is 9.97. The van der Waals surface area contributed by atoms with Gasteiger partial charge in [0.15, 0.2) is 9.47 Å². The van der Waals surface area contributed by atoms with E-state index in [1.54, 1.807) is 6.20 Å². The van der Waals surface area contributed by atoms with Gasteiger partial charge in [-0.2, -0.15) is 0 Å². The van der Waals surface area contributed by atoms with Crippen molar-refractivity contribution in [3.63, 3.8) is 0 Å². The number of aromatic nitrogens is 3. The van der Waals surface area contributed by atoms with Crippen LogP contribution < -0.4 is 5.32 Å². The second-order valence-electron chi connectivity index (χ2n) is 3.41. The Labute approximate surface area is 117 Å². The van der Waals surface area contributed by atoms with E-state index in [2.05, 4.69) is 27.4 Å². The number of carbonyl (C=O) groups excluding carboxylic acids is 1. The fourth-order valence-corrected chi connectivity index (χ4v) is 3.53. The molecular formula is C10H12N4OS3. The van der Waals surface area contributed by atoms with Crippen LogP contribution in [-0.2, 0) is 11.2 Å². The lowest BCUT2D eigenvalue weighted by Crippen LogP contribution is -2.13. The summed E-state index contributed by atoms with van der Waals surface area (Å²) >= 11 is 4.39. The molecule has 0 bridgehead atoms. The largest absolute Gasteiger partial charge is 0.301 e. The molecule has 0 fully saturated rings. The highest BCUT2D eigenvalue weighted by Gasteiger charge is 2.08. The number of thioether (sulfide) groups is 1. The van der Waals surface area contributed by atoms with Crippen LogP contribution in [-0.4, -0.2) is 26.8 Å². The zero-order chi connectivity index (χ0) is 13.0. The summed E-state index contributed by atoms with van der Waals surface area (Å²) in [5.41, 5.74) is 0. The van der Waals surface area contributed by atoms with Crippen molar-refractivity contribution in [2.75, 3.05) is 11.1 Å². The smallest absolute Gasteiger partial charge is 0.236 e. The molecule has 0 atom stereocenters. The van der Waals surface area contributed by atoms with Crippen molar-refractivity contribution in [1.29, 1.82) is 0 Å². The third-order valence-corrected chi connectivity index (χ3v) is 5.01. The zero-order valence-corrected chi connectivity index (χ0v) is 12.4. The van der Waals surface area contributed by atoms with Gasteiger partial charge in [0.05, 0.1) is 5.75 Å². The molecule has 5 nitrogen and oxygen atoms in total. The topological polar surface area (TPSA) is 67.8 Å². The van der Waals surface area contributed by atoms with Crippen molar-refractivity contribution in [1.82, 2.24) is 15.2 Å². The van der Waals surface area contributed by atoms with Crippen LogP contribution in [0.25, 0.3) is 0 Å². The highest BCUT2D eigenvalue weighted by molar-refractivity contribution is 8.01. The fraction of sp³-hybridized carbons (Fsp3) is 0.400. The molecule has 0 radical (unpaired) electrons. The number of amides is 1. The summed E-state index contributed by atoms with van der Waals surface area (Å²) in [4.78, 5) is 17.0. The molecule has 0 saturated heterocycles. The first-order valence-corrected chi connectivity index (χ1v) is 7.96. The predicted octanol–water partition coefficient (Wildman–Crippen LogP) is 2.60. The van der Waals surface area contributed by atoms with Gasteiger partial charge in [-0.15, -0.1) is 21.5 Å². The summed E-state index contributed by atoms with van der Waals surface area (Å²) < 4.78 is 0.816. The molecule has 0 saturated carbocycles. The Balaban J connectivity index is 1.81. The van der Waals surface area contributed by atoms with E-state index in [0.717, 1.165) is 20.6 Å². The average Bonchev–Trinajstić information content (AvgIpc) is 2.95. The second-order valence-corrected chi connectivity index (χ2v) is 6.93. The summed E-state index contributed by atoms with van der Waals surface area (Å²) in [6, 6.07) is 0. The molecule has 18 heavy (non-hydrogen) atoms. The molecule has 0 aromatic carbocycles. The fourth-order valence-electron chi connectivity index (χ4n) is 1.15. The van der Waals surface area contributed by atoms with Crippen LogP contribution in [0.2, 0.25) is 0 Å². The number of thiazole rings is 1. The Hall–Kier alpha value is -0.990. The Morgan fingerprint density at radius 1 is 1.44 bits per heavy atom. The molecule has 0 aliphatic rings. The molecule has 1 amide bonds. The molecule has 0 spiro atoms. The molecule has 8 heteroatoms. The van der Waals surface area contributed by atoms with Gasteiger partial charge >= 0.3 is 0 Å². The number of anilines is 1. The number of rotatable bonds is 5. The molecule has 96 valence electrons. The first kappa shape index (κ1) is 13.4. The first-order valence-electron chi connectivity index (χ1n) is 5.35. The number of hydrogen-bond donors (Lipinski definition) is 1. The normalized spacial score (nSPS) is 10.6. The van der Waals surface area contributed by atoms with E-state index in [4.69, 9.17) is 0 Å². The summed E-state index contributed by atoms with van der Waals surface area (Å²) in [5.74, 6) is 0.264. The monoisotopic (exact) mass is 300 g/mol. The third-order valence-electron chi connectivity index (χ3n) is 1.98. The van der Waals surface area contributed by atoms with E-state index in [0.29, 0.717) is 10.9 Å². The van der Waals surface area contributed by atoms with Crippen molar-refractivity contribution >= 4 is 45.5 Å². The van der Waals surface area contributed by atoms with E-state index in [1.807, 2.05) is 6.92 Å². The summed E-state index contributed by atoms with van der Waals surface area (Å²) in [6.07, 6.45) is 2.73. The lowest BCUT2D eigenvalue weighted by molar-refractivity contribution is -0.113. The Kier molecular flexibility index (Phi) is 4.67. The summed E-state index contributed by atoms with van der Waals surface area (Å²) in [6.45, 7) is 3.95. The van der Waals surface area contributed by atoms with Crippen LogP contribution in [0.3, 0.4) is 0 Å². The Bertz CT molecular complexity index is 537. The van der Waals surface area contributed by atoms with Gasteiger partial charge in [-0.25, -0.2) is 4.98 Å². The SMILES string of the molecule is CCc1cnc(NC(=O)CSc2nnc(C)s2)s1. The van der Waals surface area contributed by atoms with Crippen LogP contribution >= 0.6 is 34.4 Å². The van der Waals surface area contributed by atoms with Gasteiger partial charge in [0.25, 0.3) is 0 Å². The highest BCUT2D eigenvalue weighted by Crippen LogP contribution is 2.23. The summed E-state index contributed by atoms with van der Waals surface area (Å²) in [7, 11) is 0. The van der Waals surface area contributed by atoms with Crippen LogP contribution in [0, 0.1) is 6.92 Å². The molecule has 1 N–H and O–H groups in total. The minimum Gasteiger partial charge on any atom is -0.301 e. The maximum Gasteiger partial charge on any atom is 0.236 e. The second kappa shape index (κ2) is 6.26. The van der Waals surface area contributed by atoms with E-state index in [9.17, 15) is 4.79 Å². The third kappa shape index (κ3) is 3.76. The number of hydrogen-bond acceptors (Lipinski definition) is 7. The van der Waals surface area contributed by atoms with E-state index >= 15 is 0 Å². The van der Waals surface area contributed by atoms with E-state index < -0.39 is 0 Å². The first-order chi connectivity index (χ1) is 8.67. The van der Waals surface area contributed by atoms with E-state index in [-0.39, 0.29) is 5.91 Å². The van der Waals surface area contributed by atoms with Gasteiger partial charge < -0.3 is 5.32 Å². The molecule has 2 rings (SSSR count). The number of nitrogens with one attached hydrogen (secondary N) is 1. The van der Waals surface area contributed by atoms with E-state index in [1.165, 1.54) is 34.4 Å². The predicted molar refractivity (Wildman–Crippen MR) is 75.5 cm³/mol.